The second-order valence-electron chi connectivity index (χ2n) is 2.59. The Labute approximate surface area is 81.6 Å². The summed E-state index contributed by atoms with van der Waals surface area (Å²) in [5, 5.41) is 8.65. The molecule has 0 heterocycles. The Morgan fingerprint density at radius 3 is 2.54 bits per heavy atom. The molecule has 0 aliphatic rings. The fourth-order valence-electron chi connectivity index (χ4n) is 0.860. The van der Waals surface area contributed by atoms with Crippen LogP contribution in [0, 0.1) is 11.3 Å². The maximum absolute atomic E-state index is 10.7. The van der Waals surface area contributed by atoms with Gasteiger partial charge in [0.1, 0.15) is 0 Å². The third kappa shape index (κ3) is 3.30. The molecule has 0 atom stereocenters. The minimum atomic E-state index is 0.115. The standard InChI is InChI=1S/C10H9NOS/c1-8(12)13-7-10-4-2-9(6-11)3-5-10/h2-5H,7H2,1H3. The van der Waals surface area contributed by atoms with Crippen molar-refractivity contribution in [2.75, 3.05) is 0 Å². The van der Waals surface area contributed by atoms with E-state index in [2.05, 4.69) is 0 Å². The van der Waals surface area contributed by atoms with Gasteiger partial charge in [-0.3, -0.25) is 4.79 Å². The van der Waals surface area contributed by atoms with E-state index in [1.807, 2.05) is 18.2 Å². The Morgan fingerprint density at radius 2 is 2.08 bits per heavy atom. The van der Waals surface area contributed by atoms with E-state index in [-0.39, 0.29) is 5.12 Å². The van der Waals surface area contributed by atoms with Gasteiger partial charge in [0.15, 0.2) is 5.12 Å². The number of rotatable bonds is 2. The van der Waals surface area contributed by atoms with Crippen molar-refractivity contribution in [2.24, 2.45) is 0 Å². The van der Waals surface area contributed by atoms with Gasteiger partial charge in [-0.25, -0.2) is 0 Å². The van der Waals surface area contributed by atoms with E-state index in [9.17, 15) is 4.79 Å². The molecule has 2 nitrogen and oxygen atoms in total. The van der Waals surface area contributed by atoms with Crippen molar-refractivity contribution in [1.82, 2.24) is 0 Å². The van der Waals surface area contributed by atoms with Crippen molar-refractivity contribution in [1.29, 1.82) is 5.26 Å². The quantitative estimate of drug-likeness (QED) is 0.720. The lowest BCUT2D eigenvalue weighted by atomic mass is 10.2. The smallest absolute Gasteiger partial charge is 0.186 e. The number of hydrogen-bond donors (Lipinski definition) is 0. The molecule has 1 aromatic rings. The molecule has 1 aromatic carbocycles. The third-order valence-electron chi connectivity index (χ3n) is 1.53. The van der Waals surface area contributed by atoms with Crippen LogP contribution in [0.5, 0.6) is 0 Å². The molecular formula is C10H9NOS. The zero-order valence-corrected chi connectivity index (χ0v) is 8.10. The molecule has 0 bridgehead atoms. The van der Waals surface area contributed by atoms with Gasteiger partial charge in [-0.15, -0.1) is 0 Å². The van der Waals surface area contributed by atoms with Crippen molar-refractivity contribution in [3.05, 3.63) is 35.4 Å². The molecule has 0 saturated heterocycles. The van der Waals surface area contributed by atoms with Gasteiger partial charge in [0.25, 0.3) is 0 Å². The highest BCUT2D eigenvalue weighted by Crippen LogP contribution is 2.13. The third-order valence-corrected chi connectivity index (χ3v) is 2.41. The van der Waals surface area contributed by atoms with E-state index in [0.29, 0.717) is 11.3 Å². The van der Waals surface area contributed by atoms with Crippen LogP contribution in [-0.4, -0.2) is 5.12 Å². The van der Waals surface area contributed by atoms with Crippen LogP contribution in [0.25, 0.3) is 0 Å². The zero-order valence-electron chi connectivity index (χ0n) is 7.28. The summed E-state index contributed by atoms with van der Waals surface area (Å²) >= 11 is 1.28. The molecule has 0 fully saturated rings. The number of thioether (sulfide) groups is 1. The molecule has 0 N–H and O–H groups in total. The lowest BCUT2D eigenvalue weighted by molar-refractivity contribution is -0.109. The Balaban J connectivity index is 2.60. The SMILES string of the molecule is CC(=O)SCc1ccc(C#N)cc1. The molecule has 66 valence electrons. The lowest BCUT2D eigenvalue weighted by Crippen LogP contribution is -1.85. The average Bonchev–Trinajstić information content (AvgIpc) is 2.15. The topological polar surface area (TPSA) is 40.9 Å². The molecule has 1 rings (SSSR count). The van der Waals surface area contributed by atoms with Gasteiger partial charge in [0.05, 0.1) is 11.6 Å². The molecule has 13 heavy (non-hydrogen) atoms. The summed E-state index contributed by atoms with van der Waals surface area (Å²) in [6.07, 6.45) is 0. The fourth-order valence-corrected chi connectivity index (χ4v) is 1.42. The Morgan fingerprint density at radius 1 is 1.46 bits per heavy atom. The highest BCUT2D eigenvalue weighted by atomic mass is 32.2. The number of nitriles is 1. The van der Waals surface area contributed by atoms with E-state index >= 15 is 0 Å². The van der Waals surface area contributed by atoms with Crippen LogP contribution in [0.15, 0.2) is 24.3 Å². The fraction of sp³-hybridized carbons (Fsp3) is 0.200. The van der Waals surface area contributed by atoms with Crippen molar-refractivity contribution in [2.45, 2.75) is 12.7 Å². The van der Waals surface area contributed by atoms with Crippen LogP contribution in [-0.2, 0) is 10.5 Å². The molecule has 0 spiro atoms. The number of carbonyl (C=O) groups excluding carboxylic acids is 1. The predicted octanol–water partition coefficient (Wildman–Crippen LogP) is 2.34. The molecule has 0 saturated carbocycles. The van der Waals surface area contributed by atoms with Crippen LogP contribution < -0.4 is 0 Å². The van der Waals surface area contributed by atoms with Gasteiger partial charge in [-0.05, 0) is 17.7 Å². The second-order valence-corrected chi connectivity index (χ2v) is 3.74. The predicted molar refractivity (Wildman–Crippen MR) is 53.1 cm³/mol. The van der Waals surface area contributed by atoms with Crippen molar-refractivity contribution in [3.8, 4) is 6.07 Å². The molecule has 0 unspecified atom stereocenters. The van der Waals surface area contributed by atoms with E-state index < -0.39 is 0 Å². The zero-order chi connectivity index (χ0) is 9.68. The number of benzene rings is 1. The average molecular weight is 191 g/mol. The number of nitrogens with zero attached hydrogens (tertiary/aromatic N) is 1. The first kappa shape index (κ1) is 9.82. The van der Waals surface area contributed by atoms with Gasteiger partial charge < -0.3 is 0 Å². The largest absolute Gasteiger partial charge is 0.288 e. The summed E-state index contributed by atoms with van der Waals surface area (Å²) in [5.41, 5.74) is 1.72. The van der Waals surface area contributed by atoms with Gasteiger partial charge in [0.2, 0.25) is 0 Å². The normalized spacial score (nSPS) is 9.23. The van der Waals surface area contributed by atoms with Crippen molar-refractivity contribution in [3.63, 3.8) is 0 Å². The van der Waals surface area contributed by atoms with Crippen LogP contribution in [0.3, 0.4) is 0 Å². The Bertz CT molecular complexity index is 337. The summed E-state index contributed by atoms with van der Waals surface area (Å²) in [4.78, 5) is 10.7. The summed E-state index contributed by atoms with van der Waals surface area (Å²) in [5.74, 6) is 0.682. The van der Waals surface area contributed by atoms with Gasteiger partial charge in [0, 0.05) is 12.7 Å². The van der Waals surface area contributed by atoms with Crippen molar-refractivity contribution < 1.29 is 4.79 Å². The maximum atomic E-state index is 10.7. The van der Waals surface area contributed by atoms with E-state index in [4.69, 9.17) is 5.26 Å². The Hall–Kier alpha value is -1.27. The lowest BCUT2D eigenvalue weighted by Gasteiger charge is -1.97. The highest BCUT2D eigenvalue weighted by Gasteiger charge is 1.96. The van der Waals surface area contributed by atoms with Gasteiger partial charge in [-0.1, -0.05) is 23.9 Å². The number of carbonyl (C=O) groups is 1. The van der Waals surface area contributed by atoms with Gasteiger partial charge in [-0.2, -0.15) is 5.26 Å². The van der Waals surface area contributed by atoms with Crippen LogP contribution >= 0.6 is 11.8 Å². The molecule has 0 radical (unpaired) electrons. The van der Waals surface area contributed by atoms with Crippen LogP contribution in [0.1, 0.15) is 18.1 Å². The summed E-state index contributed by atoms with van der Waals surface area (Å²) in [6.45, 7) is 1.55. The molecule has 0 aromatic heterocycles. The molecule has 0 aliphatic heterocycles. The molecular weight excluding hydrogens is 182 g/mol. The van der Waals surface area contributed by atoms with Crippen LogP contribution in [0.4, 0.5) is 0 Å². The second kappa shape index (κ2) is 4.68. The van der Waals surface area contributed by atoms with Gasteiger partial charge >= 0.3 is 0 Å². The highest BCUT2D eigenvalue weighted by molar-refractivity contribution is 8.12. The summed E-state index contributed by atoms with van der Waals surface area (Å²) < 4.78 is 0. The minimum absolute atomic E-state index is 0.115. The van der Waals surface area contributed by atoms with E-state index in [1.165, 1.54) is 11.8 Å². The van der Waals surface area contributed by atoms with E-state index in [1.54, 1.807) is 19.1 Å². The summed E-state index contributed by atoms with van der Waals surface area (Å²) in [6, 6.07) is 9.30. The summed E-state index contributed by atoms with van der Waals surface area (Å²) in [7, 11) is 0. The molecule has 0 aliphatic carbocycles. The molecule has 0 amide bonds. The van der Waals surface area contributed by atoms with E-state index in [0.717, 1.165) is 5.56 Å². The van der Waals surface area contributed by atoms with Crippen molar-refractivity contribution >= 4 is 16.9 Å². The minimum Gasteiger partial charge on any atom is -0.288 e. The maximum Gasteiger partial charge on any atom is 0.186 e. The van der Waals surface area contributed by atoms with Crippen LogP contribution in [0.2, 0.25) is 0 Å². The first-order chi connectivity index (χ1) is 6.22. The Kier molecular flexibility index (Phi) is 3.53. The number of hydrogen-bond acceptors (Lipinski definition) is 3. The monoisotopic (exact) mass is 191 g/mol. The first-order valence-corrected chi connectivity index (χ1v) is 4.83. The molecule has 3 heteroatoms. The first-order valence-electron chi connectivity index (χ1n) is 3.85.